The summed E-state index contributed by atoms with van der Waals surface area (Å²) in [4.78, 5) is 10.6. The summed E-state index contributed by atoms with van der Waals surface area (Å²) >= 11 is 6.09. The minimum atomic E-state index is -1.04. The Hall–Kier alpha value is -2.27. The first-order valence-electron chi connectivity index (χ1n) is 6.50. The first kappa shape index (κ1) is 15.1. The fourth-order valence-electron chi connectivity index (χ4n) is 1.80. The average molecular weight is 307 g/mol. The van der Waals surface area contributed by atoms with Crippen molar-refractivity contribution in [1.82, 2.24) is 9.78 Å². The number of hydrogen-bond donors (Lipinski definition) is 1. The number of carboxylic acids is 1. The van der Waals surface area contributed by atoms with Crippen LogP contribution in [0.1, 0.15) is 18.9 Å². The number of benzene rings is 1. The van der Waals surface area contributed by atoms with Crippen LogP contribution in [0, 0.1) is 0 Å². The number of rotatable bonds is 6. The minimum absolute atomic E-state index is 0.422. The molecule has 0 bridgehead atoms. The van der Waals surface area contributed by atoms with Gasteiger partial charge in [0.25, 0.3) is 0 Å². The first-order valence-corrected chi connectivity index (χ1v) is 6.87. The highest BCUT2D eigenvalue weighted by Crippen LogP contribution is 2.31. The normalized spacial score (nSPS) is 11.0. The molecule has 1 heterocycles. The van der Waals surface area contributed by atoms with E-state index in [1.165, 1.54) is 6.08 Å². The summed E-state index contributed by atoms with van der Waals surface area (Å²) in [5.41, 5.74) is 0.518. The number of aliphatic carboxylic acids is 1. The van der Waals surface area contributed by atoms with Crippen molar-refractivity contribution in [3.63, 3.8) is 0 Å². The zero-order chi connectivity index (χ0) is 15.2. The Kier molecular flexibility index (Phi) is 5.00. The van der Waals surface area contributed by atoms with Crippen molar-refractivity contribution in [2.24, 2.45) is 0 Å². The molecule has 0 radical (unpaired) electrons. The lowest BCUT2D eigenvalue weighted by Gasteiger charge is -2.08. The molecule has 21 heavy (non-hydrogen) atoms. The van der Waals surface area contributed by atoms with E-state index in [0.29, 0.717) is 22.1 Å². The fraction of sp³-hybridized carbons (Fsp3) is 0.200. The number of aromatic nitrogens is 2. The number of ether oxygens (including phenoxy) is 1. The van der Waals surface area contributed by atoms with E-state index in [4.69, 9.17) is 21.4 Å². The molecule has 0 saturated carbocycles. The van der Waals surface area contributed by atoms with Gasteiger partial charge in [0.05, 0.1) is 17.4 Å². The molecule has 0 atom stereocenters. The third-order valence-electron chi connectivity index (χ3n) is 2.70. The number of halogens is 1. The highest BCUT2D eigenvalue weighted by Gasteiger charge is 2.08. The predicted molar refractivity (Wildman–Crippen MR) is 80.7 cm³/mol. The molecule has 6 heteroatoms. The smallest absolute Gasteiger partial charge is 0.328 e. The van der Waals surface area contributed by atoms with Gasteiger partial charge in [-0.05, 0) is 24.6 Å². The molecule has 1 aromatic heterocycles. The van der Waals surface area contributed by atoms with Gasteiger partial charge in [0.1, 0.15) is 5.75 Å². The average Bonchev–Trinajstić information content (AvgIpc) is 2.86. The second kappa shape index (κ2) is 6.95. The van der Waals surface area contributed by atoms with Crippen molar-refractivity contribution >= 4 is 23.6 Å². The van der Waals surface area contributed by atoms with Crippen LogP contribution in [0.4, 0.5) is 0 Å². The molecule has 1 aromatic carbocycles. The Morgan fingerprint density at radius 1 is 1.52 bits per heavy atom. The third-order valence-corrected chi connectivity index (χ3v) is 3.03. The van der Waals surface area contributed by atoms with Crippen molar-refractivity contribution in [2.75, 3.05) is 0 Å². The van der Waals surface area contributed by atoms with Gasteiger partial charge in [0, 0.05) is 18.2 Å². The number of carbonyl (C=O) groups is 1. The van der Waals surface area contributed by atoms with Gasteiger partial charge in [-0.2, -0.15) is 5.10 Å². The van der Waals surface area contributed by atoms with Gasteiger partial charge in [-0.1, -0.05) is 24.6 Å². The van der Waals surface area contributed by atoms with E-state index in [9.17, 15) is 4.79 Å². The lowest BCUT2D eigenvalue weighted by atomic mass is 10.2. The Morgan fingerprint density at radius 3 is 3.05 bits per heavy atom. The Bertz CT molecular complexity index is 665. The zero-order valence-corrected chi connectivity index (χ0v) is 12.2. The van der Waals surface area contributed by atoms with Crippen LogP contribution in [0.2, 0.25) is 5.02 Å². The predicted octanol–water partition coefficient (Wildman–Crippen LogP) is 3.84. The minimum Gasteiger partial charge on any atom is -0.478 e. The van der Waals surface area contributed by atoms with Gasteiger partial charge in [-0.15, -0.1) is 0 Å². The molecule has 5 nitrogen and oxygen atoms in total. The van der Waals surface area contributed by atoms with Gasteiger partial charge < -0.3 is 9.84 Å². The molecule has 0 spiro atoms. The Labute approximate surface area is 127 Å². The topological polar surface area (TPSA) is 64.3 Å². The molecule has 0 amide bonds. The number of aryl methyl sites for hydroxylation is 1. The molecule has 2 aromatic rings. The molecule has 0 aliphatic rings. The van der Waals surface area contributed by atoms with Gasteiger partial charge >= 0.3 is 5.97 Å². The zero-order valence-electron chi connectivity index (χ0n) is 11.5. The van der Waals surface area contributed by atoms with Crippen LogP contribution in [-0.4, -0.2) is 20.9 Å². The SMILES string of the molecule is CCCn1cc(Oc2cccc(Cl)c2/C=C/C(=O)O)cn1. The first-order chi connectivity index (χ1) is 10.1. The highest BCUT2D eigenvalue weighted by atomic mass is 35.5. The summed E-state index contributed by atoms with van der Waals surface area (Å²) in [6, 6.07) is 5.15. The van der Waals surface area contributed by atoms with E-state index in [1.54, 1.807) is 35.3 Å². The van der Waals surface area contributed by atoms with Crippen molar-refractivity contribution in [3.05, 3.63) is 47.3 Å². The molecule has 2 rings (SSSR count). The monoisotopic (exact) mass is 306 g/mol. The summed E-state index contributed by atoms with van der Waals surface area (Å²) in [5, 5.41) is 13.3. The van der Waals surface area contributed by atoms with Crippen LogP contribution in [0.3, 0.4) is 0 Å². The number of hydrogen-bond acceptors (Lipinski definition) is 3. The molecular weight excluding hydrogens is 292 g/mol. The van der Waals surface area contributed by atoms with Gasteiger partial charge in [0.15, 0.2) is 5.75 Å². The van der Waals surface area contributed by atoms with Gasteiger partial charge in [-0.3, -0.25) is 4.68 Å². The van der Waals surface area contributed by atoms with Crippen LogP contribution in [0.15, 0.2) is 36.7 Å². The maximum absolute atomic E-state index is 10.6. The summed E-state index contributed by atoms with van der Waals surface area (Å²) in [6.45, 7) is 2.87. The van der Waals surface area contributed by atoms with E-state index in [2.05, 4.69) is 12.0 Å². The Morgan fingerprint density at radius 2 is 2.33 bits per heavy atom. The lowest BCUT2D eigenvalue weighted by molar-refractivity contribution is -0.131. The van der Waals surface area contributed by atoms with E-state index in [0.717, 1.165) is 19.0 Å². The van der Waals surface area contributed by atoms with Crippen molar-refractivity contribution in [3.8, 4) is 11.5 Å². The summed E-state index contributed by atoms with van der Waals surface area (Å²) in [7, 11) is 0. The number of nitrogens with zero attached hydrogens (tertiary/aromatic N) is 2. The maximum atomic E-state index is 10.6. The quantitative estimate of drug-likeness (QED) is 0.824. The van der Waals surface area contributed by atoms with Crippen LogP contribution < -0.4 is 4.74 Å². The second-order valence-corrected chi connectivity index (χ2v) is 4.77. The van der Waals surface area contributed by atoms with Crippen LogP contribution >= 0.6 is 11.6 Å². The fourth-order valence-corrected chi connectivity index (χ4v) is 2.03. The second-order valence-electron chi connectivity index (χ2n) is 4.36. The Balaban J connectivity index is 2.26. The molecule has 110 valence electrons. The van der Waals surface area contributed by atoms with E-state index in [1.807, 2.05) is 0 Å². The molecule has 1 N–H and O–H groups in total. The largest absolute Gasteiger partial charge is 0.478 e. The molecular formula is C15H15ClN2O3. The van der Waals surface area contributed by atoms with Crippen molar-refractivity contribution in [1.29, 1.82) is 0 Å². The third kappa shape index (κ3) is 4.10. The molecule has 0 unspecified atom stereocenters. The van der Waals surface area contributed by atoms with Crippen LogP contribution in [-0.2, 0) is 11.3 Å². The molecule has 0 aliphatic carbocycles. The van der Waals surface area contributed by atoms with Crippen LogP contribution in [0.5, 0.6) is 11.5 Å². The standard InChI is InChI=1S/C15H15ClN2O3/c1-2-8-18-10-11(9-17-18)21-14-5-3-4-13(16)12(14)6-7-15(19)20/h3-7,9-10H,2,8H2,1H3,(H,19,20)/b7-6+. The lowest BCUT2D eigenvalue weighted by Crippen LogP contribution is -1.95. The summed E-state index contributed by atoms with van der Waals surface area (Å²) < 4.78 is 7.52. The van der Waals surface area contributed by atoms with Crippen molar-refractivity contribution < 1.29 is 14.6 Å². The van der Waals surface area contributed by atoms with E-state index >= 15 is 0 Å². The highest BCUT2D eigenvalue weighted by molar-refractivity contribution is 6.32. The van der Waals surface area contributed by atoms with E-state index in [-0.39, 0.29) is 0 Å². The maximum Gasteiger partial charge on any atom is 0.328 e. The molecule has 0 saturated heterocycles. The molecule has 0 aliphatic heterocycles. The van der Waals surface area contributed by atoms with Crippen LogP contribution in [0.25, 0.3) is 6.08 Å². The van der Waals surface area contributed by atoms with Gasteiger partial charge in [0.2, 0.25) is 0 Å². The van der Waals surface area contributed by atoms with E-state index < -0.39 is 5.97 Å². The van der Waals surface area contributed by atoms with Gasteiger partial charge in [-0.25, -0.2) is 4.79 Å². The summed E-state index contributed by atoms with van der Waals surface area (Å²) in [5.74, 6) is 0.0170. The van der Waals surface area contributed by atoms with Crippen molar-refractivity contribution in [2.45, 2.75) is 19.9 Å². The summed E-state index contributed by atoms with van der Waals surface area (Å²) in [6.07, 6.45) is 6.81. The number of carboxylic acid groups (broad SMARTS) is 1. The molecule has 0 fully saturated rings.